The van der Waals surface area contributed by atoms with Gasteiger partial charge in [-0.05, 0) is 36.8 Å². The number of nitrogens with zero attached hydrogens (tertiary/aromatic N) is 4. The normalized spacial score (nSPS) is 14.0. The molecule has 0 fully saturated rings. The second kappa shape index (κ2) is 11.3. The molecule has 2 aromatic rings. The van der Waals surface area contributed by atoms with Crippen LogP contribution in [0.25, 0.3) is 11.0 Å². The smallest absolute Gasteiger partial charge is 0.335 e. The van der Waals surface area contributed by atoms with E-state index in [0.717, 1.165) is 16.6 Å². The first kappa shape index (κ1) is 23.2. The summed E-state index contributed by atoms with van der Waals surface area (Å²) >= 11 is 0. The van der Waals surface area contributed by atoms with Crippen molar-refractivity contribution in [1.82, 2.24) is 19.7 Å². The molecule has 2 aromatic heterocycles. The number of methoxy groups -OCH3 is 1. The van der Waals surface area contributed by atoms with Crippen molar-refractivity contribution in [3.05, 3.63) is 53.4 Å². The van der Waals surface area contributed by atoms with Gasteiger partial charge < -0.3 is 18.9 Å². The molecule has 3 rings (SSSR count). The second-order valence-electron chi connectivity index (χ2n) is 6.91. The van der Waals surface area contributed by atoms with Crippen LogP contribution in [-0.4, -0.2) is 58.8 Å². The van der Waals surface area contributed by atoms with E-state index in [4.69, 9.17) is 18.9 Å². The molecule has 0 amide bonds. The summed E-state index contributed by atoms with van der Waals surface area (Å²) in [5, 5.41) is 4.23. The van der Waals surface area contributed by atoms with Crippen molar-refractivity contribution in [3.8, 4) is 5.88 Å². The Bertz CT molecular complexity index is 1080. The summed E-state index contributed by atoms with van der Waals surface area (Å²) in [7, 11) is 3.18. The fourth-order valence-electron chi connectivity index (χ4n) is 3.13. The van der Waals surface area contributed by atoms with Gasteiger partial charge in [-0.3, -0.25) is 4.68 Å². The number of esters is 1. The van der Waals surface area contributed by atoms with E-state index in [9.17, 15) is 4.79 Å². The monoisotopic (exact) mass is 440 g/mol. The molecular formula is C23H28N4O5. The van der Waals surface area contributed by atoms with E-state index >= 15 is 0 Å². The van der Waals surface area contributed by atoms with E-state index in [1.807, 2.05) is 33.0 Å². The van der Waals surface area contributed by atoms with Crippen molar-refractivity contribution in [2.75, 3.05) is 26.9 Å². The quantitative estimate of drug-likeness (QED) is 0.299. The number of carbonyl (C=O) groups is 1. The van der Waals surface area contributed by atoms with E-state index in [-0.39, 0.29) is 0 Å². The Hall–Kier alpha value is -3.42. The van der Waals surface area contributed by atoms with Crippen molar-refractivity contribution >= 4 is 17.0 Å². The predicted molar refractivity (Wildman–Crippen MR) is 118 cm³/mol. The maximum Gasteiger partial charge on any atom is 0.335 e. The van der Waals surface area contributed by atoms with E-state index in [1.165, 1.54) is 7.11 Å². The van der Waals surface area contributed by atoms with E-state index in [1.54, 1.807) is 23.0 Å². The van der Waals surface area contributed by atoms with Gasteiger partial charge in [-0.25, -0.2) is 9.78 Å². The van der Waals surface area contributed by atoms with Crippen LogP contribution in [0.4, 0.5) is 0 Å². The molecule has 0 aliphatic heterocycles. The van der Waals surface area contributed by atoms with Gasteiger partial charge in [-0.15, -0.1) is 5.73 Å². The van der Waals surface area contributed by atoms with Crippen LogP contribution in [0.3, 0.4) is 0 Å². The molecule has 1 atom stereocenters. The molecule has 1 unspecified atom stereocenters. The summed E-state index contributed by atoms with van der Waals surface area (Å²) in [6.07, 6.45) is 9.34. The number of hydrogen-bond acceptors (Lipinski definition) is 8. The number of hydrogen-bond donors (Lipinski definition) is 0. The Morgan fingerprint density at radius 3 is 2.75 bits per heavy atom. The molecule has 0 aromatic carbocycles. The lowest BCUT2D eigenvalue weighted by atomic mass is 10.1. The molecular weight excluding hydrogens is 412 g/mol. The van der Waals surface area contributed by atoms with Crippen LogP contribution in [-0.2, 0) is 32.5 Å². The Morgan fingerprint density at radius 2 is 2.00 bits per heavy atom. The van der Waals surface area contributed by atoms with Crippen molar-refractivity contribution in [2.45, 2.75) is 32.8 Å². The highest BCUT2D eigenvalue weighted by atomic mass is 16.6. The van der Waals surface area contributed by atoms with E-state index < -0.39 is 12.1 Å². The summed E-state index contributed by atoms with van der Waals surface area (Å²) in [4.78, 5) is 20.8. The van der Waals surface area contributed by atoms with E-state index in [0.29, 0.717) is 50.1 Å². The predicted octanol–water partition coefficient (Wildman–Crippen LogP) is 2.82. The second-order valence-corrected chi connectivity index (χ2v) is 6.91. The fraction of sp³-hybridized carbons (Fsp3) is 0.435. The van der Waals surface area contributed by atoms with Gasteiger partial charge in [0.15, 0.2) is 6.10 Å². The number of ether oxygens (including phenoxy) is 4. The lowest BCUT2D eigenvalue weighted by molar-refractivity contribution is -0.153. The molecule has 0 spiro atoms. The third-order valence-electron chi connectivity index (χ3n) is 4.71. The summed E-state index contributed by atoms with van der Waals surface area (Å²) in [6.45, 7) is 4.89. The van der Waals surface area contributed by atoms with Gasteiger partial charge in [0, 0.05) is 26.5 Å². The lowest BCUT2D eigenvalue weighted by Gasteiger charge is -2.14. The van der Waals surface area contributed by atoms with Gasteiger partial charge >= 0.3 is 5.97 Å². The molecule has 0 N–H and O–H groups in total. The molecule has 2 heterocycles. The average molecular weight is 441 g/mol. The van der Waals surface area contributed by atoms with Gasteiger partial charge in [-0.1, -0.05) is 6.92 Å². The van der Waals surface area contributed by atoms with Crippen LogP contribution in [0.1, 0.15) is 26.1 Å². The minimum Gasteiger partial charge on any atom is -0.490 e. The Kier molecular flexibility index (Phi) is 8.19. The lowest BCUT2D eigenvalue weighted by Crippen LogP contribution is -2.26. The topological polar surface area (TPSA) is 97.6 Å². The van der Waals surface area contributed by atoms with Crippen molar-refractivity contribution < 1.29 is 23.7 Å². The highest BCUT2D eigenvalue weighted by Gasteiger charge is 2.20. The van der Waals surface area contributed by atoms with Crippen LogP contribution in [0, 0.1) is 0 Å². The summed E-state index contributed by atoms with van der Waals surface area (Å²) in [5.74, 6) is 1.45. The number of aromatic nitrogens is 4. The number of allylic oxidation sites excluding steroid dienone is 3. The molecule has 0 saturated heterocycles. The minimum atomic E-state index is -0.661. The number of carbonyl (C=O) groups excluding carboxylic acids is 1. The third-order valence-corrected chi connectivity index (χ3v) is 4.71. The molecule has 0 saturated carbocycles. The zero-order valence-corrected chi connectivity index (χ0v) is 18.8. The Morgan fingerprint density at radius 1 is 1.19 bits per heavy atom. The van der Waals surface area contributed by atoms with Crippen LogP contribution >= 0.6 is 0 Å². The van der Waals surface area contributed by atoms with Crippen LogP contribution in [0.2, 0.25) is 0 Å². The molecule has 170 valence electrons. The Balaban J connectivity index is 1.54. The summed E-state index contributed by atoms with van der Waals surface area (Å²) in [5.41, 5.74) is 5.45. The zero-order valence-electron chi connectivity index (χ0n) is 18.8. The number of rotatable bonds is 11. The standard InChI is InChI=1S/C23H28N4O5/c1-5-20-25-18-15-24-27(3)21(18)22(26-20)32-13-12-31-17-9-7-8-16(10-11-17)14-19(30-6-2)23(28)29-4/h7,9-11,15,19H,5-6,12-14H2,1-4H3. The zero-order chi connectivity index (χ0) is 22.9. The summed E-state index contributed by atoms with van der Waals surface area (Å²) in [6, 6.07) is 0. The van der Waals surface area contributed by atoms with Crippen molar-refractivity contribution in [3.63, 3.8) is 0 Å². The van der Waals surface area contributed by atoms with Gasteiger partial charge in [0.05, 0.1) is 13.3 Å². The third kappa shape index (κ3) is 5.84. The molecule has 9 heteroatoms. The van der Waals surface area contributed by atoms with Gasteiger partial charge in [0.25, 0.3) is 0 Å². The molecule has 32 heavy (non-hydrogen) atoms. The molecule has 1 aliphatic rings. The average Bonchev–Trinajstić information content (AvgIpc) is 3.03. The van der Waals surface area contributed by atoms with Crippen LogP contribution in [0.5, 0.6) is 5.88 Å². The van der Waals surface area contributed by atoms with Gasteiger partial charge in [0.2, 0.25) is 5.88 Å². The van der Waals surface area contributed by atoms with Crippen molar-refractivity contribution in [2.24, 2.45) is 7.05 Å². The van der Waals surface area contributed by atoms with E-state index in [2.05, 4.69) is 20.8 Å². The minimum absolute atomic E-state index is 0.310. The molecule has 0 radical (unpaired) electrons. The van der Waals surface area contributed by atoms with Gasteiger partial charge in [-0.2, -0.15) is 10.1 Å². The maximum atomic E-state index is 11.9. The van der Waals surface area contributed by atoms with Gasteiger partial charge in [0.1, 0.15) is 35.8 Å². The SMILES string of the molecule is CCOC(CC1=C=CC=C(OCCOc2nc(CC)nc3cnn(C)c23)C=C1)C(=O)OC. The largest absolute Gasteiger partial charge is 0.490 e. The van der Waals surface area contributed by atoms with Crippen LogP contribution < -0.4 is 4.74 Å². The Labute approximate surface area is 187 Å². The first-order chi connectivity index (χ1) is 15.5. The number of aryl methyl sites for hydroxylation is 2. The highest BCUT2D eigenvalue weighted by molar-refractivity contribution is 5.79. The maximum absolute atomic E-state index is 11.9. The van der Waals surface area contributed by atoms with Crippen molar-refractivity contribution in [1.29, 1.82) is 0 Å². The first-order valence-electron chi connectivity index (χ1n) is 10.5. The molecule has 9 nitrogen and oxygen atoms in total. The van der Waals surface area contributed by atoms with Crippen LogP contribution in [0.15, 0.2) is 47.6 Å². The molecule has 1 aliphatic carbocycles. The number of fused-ring (bicyclic) bond motifs is 1. The molecule has 0 bridgehead atoms. The first-order valence-corrected chi connectivity index (χ1v) is 10.5. The summed E-state index contributed by atoms with van der Waals surface area (Å²) < 4.78 is 23.7. The highest BCUT2D eigenvalue weighted by Crippen LogP contribution is 2.22. The fourth-order valence-corrected chi connectivity index (χ4v) is 3.13.